The van der Waals surface area contributed by atoms with Gasteiger partial charge in [0.2, 0.25) is 10.0 Å². The van der Waals surface area contributed by atoms with Crippen molar-refractivity contribution in [1.82, 2.24) is 35.8 Å². The van der Waals surface area contributed by atoms with Crippen LogP contribution in [0.5, 0.6) is 11.5 Å². The summed E-state index contributed by atoms with van der Waals surface area (Å²) in [5.74, 6) is 1.18. The van der Waals surface area contributed by atoms with Gasteiger partial charge in [0.1, 0.15) is 23.7 Å². The first-order valence-electron chi connectivity index (χ1n) is 27.1. The van der Waals surface area contributed by atoms with Gasteiger partial charge in [-0.15, -0.1) is 0 Å². The number of rotatable bonds is 33. The number of urea groups is 2. The lowest BCUT2D eigenvalue weighted by atomic mass is 10.1. The Morgan fingerprint density at radius 3 is 1.35 bits per heavy atom. The molecule has 0 fully saturated rings. The molecule has 5 N–H and O–H groups in total. The first-order chi connectivity index (χ1) is 37.4. The van der Waals surface area contributed by atoms with Crippen molar-refractivity contribution in [3.8, 4) is 11.5 Å². The second-order valence-corrected chi connectivity index (χ2v) is 24.8. The molecule has 2 aliphatic carbocycles. The topological polar surface area (TPSA) is 197 Å². The first kappa shape index (κ1) is 63.1. The van der Waals surface area contributed by atoms with Crippen LogP contribution in [-0.4, -0.2) is 119 Å². The van der Waals surface area contributed by atoms with Crippen LogP contribution < -0.4 is 39.8 Å². The molecule has 78 heavy (non-hydrogen) atoms. The van der Waals surface area contributed by atoms with Crippen LogP contribution in [0, 0.1) is 0 Å². The van der Waals surface area contributed by atoms with E-state index in [2.05, 4.69) is 35.8 Å². The number of nitrogens with zero attached hydrogens (tertiary/aromatic N) is 3. The number of halogens is 4. The van der Waals surface area contributed by atoms with E-state index in [4.69, 9.17) is 55.9 Å². The Kier molecular flexibility index (Phi) is 25.7. The van der Waals surface area contributed by atoms with E-state index in [-0.39, 0.29) is 41.2 Å². The molecule has 0 aromatic heterocycles. The molecule has 0 saturated carbocycles. The molecular weight excluding hydrogens is 1120 g/mol. The van der Waals surface area contributed by atoms with Gasteiger partial charge in [0.15, 0.2) is 0 Å². The minimum atomic E-state index is -3.67. The molecule has 4 amide bonds. The number of carbonyl (C=O) groups excluding carboxylic acids is 2. The highest BCUT2D eigenvalue weighted by atomic mass is 35.5. The lowest BCUT2D eigenvalue weighted by Gasteiger charge is -2.28. The molecule has 4 aromatic rings. The lowest BCUT2D eigenvalue weighted by molar-refractivity contribution is 0.111. The SMILES string of the molecule is CN(C)[C@H]1Cc2c(Cl)cc(Cl)cc2[C@@H]1Oc1ccc(N(CCCCCCCCNC(=O)NCCCCNC(=O)NCCCCCCCCNS(=O)(=O)c2ccc(O[C@H]3c4cc(Cl)cc(Cl)c4C[C@@H]3N(C)C)cc2)S(=O)[O-])cc1. The molecule has 6 rings (SSSR count). The summed E-state index contributed by atoms with van der Waals surface area (Å²) in [5, 5.41) is 13.9. The van der Waals surface area contributed by atoms with Crippen molar-refractivity contribution in [2.24, 2.45) is 0 Å². The third kappa shape index (κ3) is 19.3. The number of sulfonamides is 1. The van der Waals surface area contributed by atoms with E-state index < -0.39 is 21.3 Å². The summed E-state index contributed by atoms with van der Waals surface area (Å²) in [7, 11) is 4.32. The average molecular weight is 1200 g/mol. The summed E-state index contributed by atoms with van der Waals surface area (Å²) in [5.41, 5.74) is 4.52. The Balaban J connectivity index is 0.708. The Bertz CT molecular complexity index is 2690. The van der Waals surface area contributed by atoms with Crippen molar-refractivity contribution in [3.63, 3.8) is 0 Å². The highest BCUT2D eigenvalue weighted by molar-refractivity contribution is 7.89. The van der Waals surface area contributed by atoms with Gasteiger partial charge in [0, 0.05) is 87.4 Å². The van der Waals surface area contributed by atoms with Gasteiger partial charge in [-0.3, -0.25) is 4.21 Å². The van der Waals surface area contributed by atoms with Crippen LogP contribution in [0.2, 0.25) is 20.1 Å². The maximum atomic E-state index is 13.0. The second kappa shape index (κ2) is 31.8. The zero-order valence-electron chi connectivity index (χ0n) is 45.2. The summed E-state index contributed by atoms with van der Waals surface area (Å²) >= 11 is 23.3. The molecule has 1 unspecified atom stereocenters. The summed E-state index contributed by atoms with van der Waals surface area (Å²) in [6.07, 6.45) is 13.1. The lowest BCUT2D eigenvalue weighted by Crippen LogP contribution is -2.38. The fourth-order valence-electron chi connectivity index (χ4n) is 9.91. The van der Waals surface area contributed by atoms with E-state index in [1.807, 2.05) is 40.3 Å². The number of fused-ring (bicyclic) bond motifs is 2. The van der Waals surface area contributed by atoms with E-state index in [1.54, 1.807) is 60.7 Å². The number of amides is 4. The molecule has 0 spiro atoms. The van der Waals surface area contributed by atoms with Gasteiger partial charge in [-0.1, -0.05) is 97.8 Å². The molecule has 2 aliphatic rings. The highest BCUT2D eigenvalue weighted by Gasteiger charge is 2.39. The first-order valence-corrected chi connectivity index (χ1v) is 31.2. The van der Waals surface area contributed by atoms with E-state index in [9.17, 15) is 26.8 Å². The Morgan fingerprint density at radius 2 is 0.936 bits per heavy atom. The van der Waals surface area contributed by atoms with Gasteiger partial charge in [0.25, 0.3) is 0 Å². The number of carbonyl (C=O) groups is 2. The molecule has 4 aromatic carbocycles. The minimum Gasteiger partial charge on any atom is -0.755 e. The highest BCUT2D eigenvalue weighted by Crippen LogP contribution is 2.44. The fraction of sp³-hybridized carbons (Fsp3) is 0.536. The van der Waals surface area contributed by atoms with Crippen molar-refractivity contribution in [3.05, 3.63) is 115 Å². The number of hydrogen-bond donors (Lipinski definition) is 5. The minimum absolute atomic E-state index is 0.0445. The molecule has 0 aliphatic heterocycles. The van der Waals surface area contributed by atoms with E-state index >= 15 is 0 Å². The molecule has 0 bridgehead atoms. The summed E-state index contributed by atoms with van der Waals surface area (Å²) < 4.78 is 67.2. The number of anilines is 1. The van der Waals surface area contributed by atoms with E-state index in [0.717, 1.165) is 125 Å². The van der Waals surface area contributed by atoms with Crippen LogP contribution in [0.4, 0.5) is 15.3 Å². The van der Waals surface area contributed by atoms with E-state index in [0.29, 0.717) is 76.5 Å². The molecule has 5 atom stereocenters. The van der Waals surface area contributed by atoms with Crippen LogP contribution in [0.1, 0.15) is 124 Å². The zero-order valence-corrected chi connectivity index (χ0v) is 49.9. The smallest absolute Gasteiger partial charge is 0.314 e. The summed E-state index contributed by atoms with van der Waals surface area (Å²) in [6.45, 7) is 2.89. The van der Waals surface area contributed by atoms with Crippen molar-refractivity contribution in [1.29, 1.82) is 0 Å². The number of ether oxygens (including phenoxy) is 2. The van der Waals surface area contributed by atoms with Crippen LogP contribution >= 0.6 is 46.4 Å². The van der Waals surface area contributed by atoms with Gasteiger partial charge in [0.05, 0.1) is 17.0 Å². The number of hydrogen-bond acceptors (Lipinski definition) is 10. The average Bonchev–Trinajstić information content (AvgIpc) is 4.11. The van der Waals surface area contributed by atoms with Gasteiger partial charge < -0.3 is 49.4 Å². The molecule has 430 valence electrons. The maximum absolute atomic E-state index is 13.0. The van der Waals surface area contributed by atoms with Crippen molar-refractivity contribution in [2.45, 2.75) is 132 Å². The Morgan fingerprint density at radius 1 is 0.564 bits per heavy atom. The molecule has 0 radical (unpaired) electrons. The Hall–Kier alpha value is -4.08. The standard InChI is InChI=1S/C56H78Cl4N8O8S2/c1-66(2)51-37-45-47(33-39(57)35-49(45)59)53(51)75-42-21-19-41(20-22-42)68(77(71)72)32-18-12-8-7-10-14-28-62-56(70)64-30-17-16-29-63-55(69)61-27-13-9-5-6-11-15-31-65-78(73,74)44-25-23-43(24-26-44)76-54-48-34-40(58)36-50(60)46(48)38-52(54)67(3)4/h19-26,33-36,51-54,65H,5-18,27-32,37-38H2,1-4H3,(H,71,72)(H2,61,63,69)(H2,62,64,70)/p-1/t51-,52-,53-,54-/m0/s1. The van der Waals surface area contributed by atoms with Crippen LogP contribution in [0.3, 0.4) is 0 Å². The maximum Gasteiger partial charge on any atom is 0.314 e. The van der Waals surface area contributed by atoms with Gasteiger partial charge in [-0.25, -0.2) is 22.7 Å². The predicted molar refractivity (Wildman–Crippen MR) is 314 cm³/mol. The summed E-state index contributed by atoms with van der Waals surface area (Å²) in [4.78, 5) is 28.8. The normalized spacial score (nSPS) is 17.2. The van der Waals surface area contributed by atoms with Crippen LogP contribution in [-0.2, 0) is 34.1 Å². The zero-order chi connectivity index (χ0) is 56.2. The third-order valence-electron chi connectivity index (χ3n) is 14.2. The number of nitrogens with one attached hydrogen (secondary N) is 5. The monoisotopic (exact) mass is 1190 g/mol. The Labute approximate surface area is 484 Å². The molecule has 16 nitrogen and oxygen atoms in total. The van der Waals surface area contributed by atoms with E-state index in [1.165, 1.54) is 4.31 Å². The van der Waals surface area contributed by atoms with Crippen LogP contribution in [0.25, 0.3) is 0 Å². The van der Waals surface area contributed by atoms with Gasteiger partial charge >= 0.3 is 12.1 Å². The largest absolute Gasteiger partial charge is 0.755 e. The predicted octanol–water partition coefficient (Wildman–Crippen LogP) is 11.2. The molecule has 0 saturated heterocycles. The number of benzene rings is 4. The quantitative estimate of drug-likeness (QED) is 0.0226. The van der Waals surface area contributed by atoms with Crippen molar-refractivity contribution < 1.29 is 36.2 Å². The van der Waals surface area contributed by atoms with Crippen molar-refractivity contribution in [2.75, 3.05) is 71.8 Å². The summed E-state index contributed by atoms with van der Waals surface area (Å²) in [6, 6.07) is 20.6. The molecule has 0 heterocycles. The molecule has 22 heteroatoms. The fourth-order valence-corrected chi connectivity index (χ4v) is 12.7. The number of unbranched alkanes of at least 4 members (excludes halogenated alkanes) is 11. The second-order valence-electron chi connectivity index (χ2n) is 20.5. The third-order valence-corrected chi connectivity index (χ3v) is 17.6. The van der Waals surface area contributed by atoms with Gasteiger partial charge in [-0.05, 0) is 163 Å². The number of likely N-dealkylation sites (N-methyl/N-ethyl adjacent to an activating group) is 2. The van der Waals surface area contributed by atoms with Gasteiger partial charge in [-0.2, -0.15) is 0 Å². The molecular formula is C56H77Cl4N8O8S2-. The van der Waals surface area contributed by atoms with Crippen molar-refractivity contribution >= 4 is 85.4 Å². The van der Waals surface area contributed by atoms with Crippen LogP contribution in [0.15, 0.2) is 77.7 Å².